The fourth-order valence-electron chi connectivity index (χ4n) is 1.62. The van der Waals surface area contributed by atoms with Crippen molar-refractivity contribution < 1.29 is 9.15 Å². The van der Waals surface area contributed by atoms with Gasteiger partial charge in [0.15, 0.2) is 0 Å². The quantitative estimate of drug-likeness (QED) is 0.762. The zero-order chi connectivity index (χ0) is 14.2. The Morgan fingerprint density at radius 3 is 2.60 bits per heavy atom. The SMILES string of the molecule is CCNc1nc(NCCc2ccco2)nc(OCC)n1. The molecule has 0 radical (unpaired) electrons. The first-order valence-corrected chi connectivity index (χ1v) is 6.70. The zero-order valence-electron chi connectivity index (χ0n) is 11.7. The van der Waals surface area contributed by atoms with Gasteiger partial charge < -0.3 is 19.8 Å². The standard InChI is InChI=1S/C13H19N5O2/c1-3-14-11-16-12(18-13(17-11)19-4-2)15-8-7-10-6-5-9-20-10/h5-6,9H,3-4,7-8H2,1-2H3,(H2,14,15,16,17,18). The fraction of sp³-hybridized carbons (Fsp3) is 0.462. The normalized spacial score (nSPS) is 10.3. The Morgan fingerprint density at radius 2 is 1.95 bits per heavy atom. The number of nitrogens with one attached hydrogen (secondary N) is 2. The summed E-state index contributed by atoms with van der Waals surface area (Å²) in [6, 6.07) is 4.12. The molecular formula is C13H19N5O2. The molecule has 0 saturated heterocycles. The first-order chi connectivity index (χ1) is 9.81. The minimum atomic E-state index is 0.318. The molecule has 0 aliphatic rings. The van der Waals surface area contributed by atoms with E-state index in [1.165, 1.54) is 0 Å². The van der Waals surface area contributed by atoms with Crippen molar-refractivity contribution in [3.8, 4) is 6.01 Å². The van der Waals surface area contributed by atoms with E-state index in [1.54, 1.807) is 6.26 Å². The van der Waals surface area contributed by atoms with E-state index >= 15 is 0 Å². The number of aromatic nitrogens is 3. The molecule has 2 aromatic rings. The van der Waals surface area contributed by atoms with Crippen molar-refractivity contribution in [3.05, 3.63) is 24.2 Å². The first-order valence-electron chi connectivity index (χ1n) is 6.70. The van der Waals surface area contributed by atoms with Crippen molar-refractivity contribution in [1.82, 2.24) is 15.0 Å². The predicted octanol–water partition coefficient (Wildman–Crippen LogP) is 1.95. The van der Waals surface area contributed by atoms with Crippen LogP contribution in [0.25, 0.3) is 0 Å². The van der Waals surface area contributed by atoms with Gasteiger partial charge in [-0.2, -0.15) is 15.0 Å². The highest BCUT2D eigenvalue weighted by molar-refractivity contribution is 5.35. The van der Waals surface area contributed by atoms with Crippen molar-refractivity contribution in [3.63, 3.8) is 0 Å². The highest BCUT2D eigenvalue weighted by Gasteiger charge is 2.06. The largest absolute Gasteiger partial charge is 0.469 e. The molecule has 0 atom stereocenters. The van der Waals surface area contributed by atoms with Gasteiger partial charge in [-0.05, 0) is 26.0 Å². The van der Waals surface area contributed by atoms with Crippen molar-refractivity contribution in [1.29, 1.82) is 0 Å². The lowest BCUT2D eigenvalue weighted by molar-refractivity contribution is 0.312. The first kappa shape index (κ1) is 14.1. The number of furan rings is 1. The fourth-order valence-corrected chi connectivity index (χ4v) is 1.62. The minimum Gasteiger partial charge on any atom is -0.469 e. The lowest BCUT2D eigenvalue weighted by atomic mass is 10.3. The Bertz CT molecular complexity index is 491. The smallest absolute Gasteiger partial charge is 0.323 e. The molecule has 7 heteroatoms. The van der Waals surface area contributed by atoms with E-state index in [2.05, 4.69) is 25.6 Å². The summed E-state index contributed by atoms with van der Waals surface area (Å²) in [5, 5.41) is 6.19. The van der Waals surface area contributed by atoms with Crippen LogP contribution in [-0.4, -0.2) is 34.6 Å². The summed E-state index contributed by atoms with van der Waals surface area (Å²) >= 11 is 0. The number of anilines is 2. The Kier molecular flexibility index (Phi) is 5.16. The molecule has 7 nitrogen and oxygen atoms in total. The van der Waals surface area contributed by atoms with E-state index < -0.39 is 0 Å². The maximum atomic E-state index is 5.32. The van der Waals surface area contributed by atoms with Crippen molar-refractivity contribution in [2.45, 2.75) is 20.3 Å². The van der Waals surface area contributed by atoms with Crippen LogP contribution < -0.4 is 15.4 Å². The maximum Gasteiger partial charge on any atom is 0.323 e. The van der Waals surface area contributed by atoms with Crippen molar-refractivity contribution in [2.75, 3.05) is 30.3 Å². The second-order valence-corrected chi connectivity index (χ2v) is 3.98. The van der Waals surface area contributed by atoms with Crippen molar-refractivity contribution >= 4 is 11.9 Å². The van der Waals surface area contributed by atoms with Crippen LogP contribution in [0.5, 0.6) is 6.01 Å². The lowest BCUT2D eigenvalue weighted by Crippen LogP contribution is -2.12. The molecule has 0 aromatic carbocycles. The second-order valence-electron chi connectivity index (χ2n) is 3.98. The van der Waals surface area contributed by atoms with Gasteiger partial charge in [0, 0.05) is 19.5 Å². The summed E-state index contributed by atoms with van der Waals surface area (Å²) < 4.78 is 10.6. The van der Waals surface area contributed by atoms with E-state index in [0.717, 1.165) is 18.7 Å². The third kappa shape index (κ3) is 4.11. The zero-order valence-corrected chi connectivity index (χ0v) is 11.7. The molecule has 2 aromatic heterocycles. The minimum absolute atomic E-state index is 0.318. The lowest BCUT2D eigenvalue weighted by Gasteiger charge is -2.08. The molecule has 0 unspecified atom stereocenters. The number of nitrogens with zero attached hydrogens (tertiary/aromatic N) is 3. The van der Waals surface area contributed by atoms with Crippen LogP contribution in [-0.2, 0) is 6.42 Å². The van der Waals surface area contributed by atoms with Gasteiger partial charge in [-0.3, -0.25) is 0 Å². The predicted molar refractivity (Wildman–Crippen MR) is 76.1 cm³/mol. The van der Waals surface area contributed by atoms with Crippen molar-refractivity contribution in [2.24, 2.45) is 0 Å². The number of rotatable bonds is 8. The molecule has 0 amide bonds. The number of hydrogen-bond acceptors (Lipinski definition) is 7. The van der Waals surface area contributed by atoms with E-state index in [0.29, 0.717) is 31.1 Å². The number of hydrogen-bond donors (Lipinski definition) is 2. The molecule has 0 fully saturated rings. The van der Waals surface area contributed by atoms with Gasteiger partial charge in [0.1, 0.15) is 5.76 Å². The van der Waals surface area contributed by atoms with Crippen LogP contribution in [0.4, 0.5) is 11.9 Å². The summed E-state index contributed by atoms with van der Waals surface area (Å²) in [5.41, 5.74) is 0. The Labute approximate surface area is 117 Å². The van der Waals surface area contributed by atoms with Crippen LogP contribution in [0.1, 0.15) is 19.6 Å². The van der Waals surface area contributed by atoms with Gasteiger partial charge in [-0.1, -0.05) is 0 Å². The molecule has 0 aliphatic carbocycles. The average Bonchev–Trinajstić information content (AvgIpc) is 2.92. The molecule has 2 rings (SSSR count). The van der Waals surface area contributed by atoms with Gasteiger partial charge in [0.05, 0.1) is 12.9 Å². The summed E-state index contributed by atoms with van der Waals surface area (Å²) in [5.74, 6) is 1.92. The molecule has 2 heterocycles. The Hall–Kier alpha value is -2.31. The summed E-state index contributed by atoms with van der Waals surface area (Å²) in [4.78, 5) is 12.6. The molecule has 20 heavy (non-hydrogen) atoms. The van der Waals surface area contributed by atoms with E-state index in [9.17, 15) is 0 Å². The molecule has 0 saturated carbocycles. The van der Waals surface area contributed by atoms with E-state index in [1.807, 2.05) is 26.0 Å². The topological polar surface area (TPSA) is 85.1 Å². The van der Waals surface area contributed by atoms with Crippen LogP contribution in [0, 0.1) is 0 Å². The van der Waals surface area contributed by atoms with E-state index in [-0.39, 0.29) is 0 Å². The molecule has 0 aliphatic heterocycles. The van der Waals surface area contributed by atoms with Crippen LogP contribution >= 0.6 is 0 Å². The molecule has 0 spiro atoms. The molecule has 108 valence electrons. The van der Waals surface area contributed by atoms with E-state index in [4.69, 9.17) is 9.15 Å². The van der Waals surface area contributed by atoms with Gasteiger partial charge in [-0.25, -0.2) is 0 Å². The monoisotopic (exact) mass is 277 g/mol. The third-order valence-corrected chi connectivity index (χ3v) is 2.46. The van der Waals surface area contributed by atoms with Gasteiger partial charge in [0.2, 0.25) is 11.9 Å². The molecule has 0 bridgehead atoms. The molecular weight excluding hydrogens is 258 g/mol. The Balaban J connectivity index is 1.97. The van der Waals surface area contributed by atoms with Crippen LogP contribution in [0.3, 0.4) is 0 Å². The number of ether oxygens (including phenoxy) is 1. The van der Waals surface area contributed by atoms with Gasteiger partial charge in [0.25, 0.3) is 0 Å². The average molecular weight is 277 g/mol. The molecule has 2 N–H and O–H groups in total. The second kappa shape index (κ2) is 7.32. The summed E-state index contributed by atoms with van der Waals surface area (Å²) in [6.07, 6.45) is 2.42. The summed E-state index contributed by atoms with van der Waals surface area (Å²) in [6.45, 7) is 5.80. The van der Waals surface area contributed by atoms with Crippen LogP contribution in [0.2, 0.25) is 0 Å². The van der Waals surface area contributed by atoms with Crippen LogP contribution in [0.15, 0.2) is 22.8 Å². The highest BCUT2D eigenvalue weighted by Crippen LogP contribution is 2.11. The Morgan fingerprint density at radius 1 is 1.15 bits per heavy atom. The van der Waals surface area contributed by atoms with Gasteiger partial charge in [-0.15, -0.1) is 0 Å². The summed E-state index contributed by atoms with van der Waals surface area (Å²) in [7, 11) is 0. The third-order valence-electron chi connectivity index (χ3n) is 2.46. The van der Waals surface area contributed by atoms with Gasteiger partial charge >= 0.3 is 6.01 Å². The maximum absolute atomic E-state index is 5.32. The highest BCUT2D eigenvalue weighted by atomic mass is 16.5.